The molecule has 0 bridgehead atoms. The minimum Gasteiger partial charge on any atom is -0.494 e. The van der Waals surface area contributed by atoms with Crippen LogP contribution in [0.3, 0.4) is 0 Å². The summed E-state index contributed by atoms with van der Waals surface area (Å²) in [6, 6.07) is 14.0. The molecule has 2 nitrogen and oxygen atoms in total. The Labute approximate surface area is 93.4 Å². The number of hydrogen-bond donors (Lipinski definition) is 0. The SMILES string of the molecule is CCOc1ccc2oc3ccccc3c2c1. The molecule has 1 heterocycles. The zero-order chi connectivity index (χ0) is 11.0. The number of para-hydroxylation sites is 1. The Balaban J connectivity index is 2.31. The van der Waals surface area contributed by atoms with Crippen molar-refractivity contribution >= 4 is 21.9 Å². The average Bonchev–Trinajstić information content (AvgIpc) is 2.68. The summed E-state index contributed by atoms with van der Waals surface area (Å²) in [4.78, 5) is 0. The van der Waals surface area contributed by atoms with E-state index < -0.39 is 0 Å². The maximum atomic E-state index is 5.73. The van der Waals surface area contributed by atoms with Gasteiger partial charge in [-0.15, -0.1) is 0 Å². The largest absolute Gasteiger partial charge is 0.494 e. The molecule has 0 amide bonds. The first kappa shape index (κ1) is 9.28. The molecule has 0 aliphatic heterocycles. The molecule has 0 spiro atoms. The first-order valence-electron chi connectivity index (χ1n) is 5.42. The molecule has 0 saturated heterocycles. The third-order valence-electron chi connectivity index (χ3n) is 2.66. The van der Waals surface area contributed by atoms with Gasteiger partial charge in [0.2, 0.25) is 0 Å². The highest BCUT2D eigenvalue weighted by atomic mass is 16.5. The first-order chi connectivity index (χ1) is 7.88. The van der Waals surface area contributed by atoms with Crippen LogP contribution in [0.15, 0.2) is 46.9 Å². The fourth-order valence-corrected chi connectivity index (χ4v) is 1.96. The summed E-state index contributed by atoms with van der Waals surface area (Å²) in [5.74, 6) is 0.890. The van der Waals surface area contributed by atoms with Crippen LogP contribution in [0.1, 0.15) is 6.92 Å². The van der Waals surface area contributed by atoms with Gasteiger partial charge in [0.05, 0.1) is 6.61 Å². The summed E-state index contributed by atoms with van der Waals surface area (Å²) in [7, 11) is 0. The standard InChI is InChI=1S/C14H12O2/c1-2-15-10-7-8-14-12(9-10)11-5-3-4-6-13(11)16-14/h3-9H,2H2,1H3. The number of furan rings is 1. The minimum absolute atomic E-state index is 0.682. The molecule has 0 fully saturated rings. The van der Waals surface area contributed by atoms with Crippen molar-refractivity contribution in [3.8, 4) is 5.75 Å². The Kier molecular flexibility index (Phi) is 2.07. The van der Waals surface area contributed by atoms with Gasteiger partial charge in [0, 0.05) is 10.8 Å². The highest BCUT2D eigenvalue weighted by molar-refractivity contribution is 6.05. The van der Waals surface area contributed by atoms with Crippen molar-refractivity contribution in [2.24, 2.45) is 0 Å². The monoisotopic (exact) mass is 212 g/mol. The summed E-state index contributed by atoms with van der Waals surface area (Å²) < 4.78 is 11.2. The Morgan fingerprint density at radius 1 is 1.00 bits per heavy atom. The molecule has 0 unspecified atom stereocenters. The Morgan fingerprint density at radius 3 is 2.69 bits per heavy atom. The summed E-state index contributed by atoms with van der Waals surface area (Å²) in [6.45, 7) is 2.67. The average molecular weight is 212 g/mol. The van der Waals surface area contributed by atoms with E-state index in [0.29, 0.717) is 6.61 Å². The van der Waals surface area contributed by atoms with Crippen LogP contribution in [-0.2, 0) is 0 Å². The number of hydrogen-bond acceptors (Lipinski definition) is 2. The van der Waals surface area contributed by atoms with Gasteiger partial charge in [-0.25, -0.2) is 0 Å². The van der Waals surface area contributed by atoms with E-state index in [1.165, 1.54) is 0 Å². The topological polar surface area (TPSA) is 22.4 Å². The molecule has 0 saturated carbocycles. The van der Waals surface area contributed by atoms with Crippen molar-refractivity contribution in [2.75, 3.05) is 6.61 Å². The minimum atomic E-state index is 0.682. The van der Waals surface area contributed by atoms with Gasteiger partial charge < -0.3 is 9.15 Å². The van der Waals surface area contributed by atoms with E-state index in [1.807, 2.05) is 43.3 Å². The zero-order valence-corrected chi connectivity index (χ0v) is 9.07. The predicted octanol–water partition coefficient (Wildman–Crippen LogP) is 3.98. The predicted molar refractivity (Wildman–Crippen MR) is 64.9 cm³/mol. The molecular formula is C14H12O2. The van der Waals surface area contributed by atoms with E-state index in [0.717, 1.165) is 27.7 Å². The summed E-state index contributed by atoms with van der Waals surface area (Å²) >= 11 is 0. The molecular weight excluding hydrogens is 200 g/mol. The van der Waals surface area contributed by atoms with Crippen molar-refractivity contribution < 1.29 is 9.15 Å². The molecule has 0 aliphatic rings. The number of benzene rings is 2. The lowest BCUT2D eigenvalue weighted by atomic mass is 10.1. The number of rotatable bonds is 2. The van der Waals surface area contributed by atoms with Gasteiger partial charge in [-0.05, 0) is 31.2 Å². The van der Waals surface area contributed by atoms with Crippen LogP contribution in [0.4, 0.5) is 0 Å². The maximum Gasteiger partial charge on any atom is 0.135 e. The number of ether oxygens (including phenoxy) is 1. The van der Waals surface area contributed by atoms with Crippen LogP contribution >= 0.6 is 0 Å². The molecule has 3 rings (SSSR count). The smallest absolute Gasteiger partial charge is 0.135 e. The van der Waals surface area contributed by atoms with Crippen LogP contribution in [0.25, 0.3) is 21.9 Å². The molecule has 0 aliphatic carbocycles. The van der Waals surface area contributed by atoms with E-state index in [2.05, 4.69) is 6.07 Å². The van der Waals surface area contributed by atoms with Gasteiger partial charge in [0.15, 0.2) is 0 Å². The maximum absolute atomic E-state index is 5.73. The second kappa shape index (κ2) is 3.56. The Hall–Kier alpha value is -1.96. The molecule has 3 aromatic rings. The fourth-order valence-electron chi connectivity index (χ4n) is 1.96. The lowest BCUT2D eigenvalue weighted by Crippen LogP contribution is -1.90. The van der Waals surface area contributed by atoms with Gasteiger partial charge >= 0.3 is 0 Å². The van der Waals surface area contributed by atoms with E-state index in [4.69, 9.17) is 9.15 Å². The van der Waals surface area contributed by atoms with E-state index in [-0.39, 0.29) is 0 Å². The molecule has 16 heavy (non-hydrogen) atoms. The van der Waals surface area contributed by atoms with Crippen LogP contribution in [0.5, 0.6) is 5.75 Å². The second-order valence-corrected chi connectivity index (χ2v) is 3.69. The van der Waals surface area contributed by atoms with Crippen molar-refractivity contribution in [3.05, 3.63) is 42.5 Å². The molecule has 2 aromatic carbocycles. The molecule has 80 valence electrons. The highest BCUT2D eigenvalue weighted by Crippen LogP contribution is 2.31. The van der Waals surface area contributed by atoms with Gasteiger partial charge in [-0.3, -0.25) is 0 Å². The molecule has 0 atom stereocenters. The van der Waals surface area contributed by atoms with Gasteiger partial charge in [-0.2, -0.15) is 0 Å². The lowest BCUT2D eigenvalue weighted by Gasteiger charge is -2.01. The Morgan fingerprint density at radius 2 is 1.81 bits per heavy atom. The first-order valence-corrected chi connectivity index (χ1v) is 5.42. The molecule has 2 heteroatoms. The van der Waals surface area contributed by atoms with Crippen molar-refractivity contribution in [1.82, 2.24) is 0 Å². The van der Waals surface area contributed by atoms with Crippen molar-refractivity contribution in [1.29, 1.82) is 0 Å². The van der Waals surface area contributed by atoms with E-state index >= 15 is 0 Å². The third-order valence-corrected chi connectivity index (χ3v) is 2.66. The summed E-state index contributed by atoms with van der Waals surface area (Å²) in [5.41, 5.74) is 1.83. The normalized spacial score (nSPS) is 11.1. The molecule has 0 radical (unpaired) electrons. The van der Waals surface area contributed by atoms with Crippen LogP contribution in [-0.4, -0.2) is 6.61 Å². The quantitative estimate of drug-likeness (QED) is 0.641. The zero-order valence-electron chi connectivity index (χ0n) is 9.07. The number of fused-ring (bicyclic) bond motifs is 3. The fraction of sp³-hybridized carbons (Fsp3) is 0.143. The lowest BCUT2D eigenvalue weighted by molar-refractivity contribution is 0.340. The van der Waals surface area contributed by atoms with Gasteiger partial charge in [-0.1, -0.05) is 18.2 Å². The third kappa shape index (κ3) is 1.34. The molecule has 0 N–H and O–H groups in total. The highest BCUT2D eigenvalue weighted by Gasteiger charge is 2.06. The van der Waals surface area contributed by atoms with E-state index in [1.54, 1.807) is 0 Å². The summed E-state index contributed by atoms with van der Waals surface area (Å²) in [5, 5.41) is 2.25. The van der Waals surface area contributed by atoms with Crippen LogP contribution < -0.4 is 4.74 Å². The Bertz CT molecular complexity index is 637. The summed E-state index contributed by atoms with van der Waals surface area (Å²) in [6.07, 6.45) is 0. The van der Waals surface area contributed by atoms with Crippen LogP contribution in [0.2, 0.25) is 0 Å². The van der Waals surface area contributed by atoms with E-state index in [9.17, 15) is 0 Å². The molecule has 1 aromatic heterocycles. The van der Waals surface area contributed by atoms with Crippen LogP contribution in [0, 0.1) is 0 Å². The van der Waals surface area contributed by atoms with Gasteiger partial charge in [0.1, 0.15) is 16.9 Å². The van der Waals surface area contributed by atoms with Gasteiger partial charge in [0.25, 0.3) is 0 Å². The second-order valence-electron chi connectivity index (χ2n) is 3.69. The van der Waals surface area contributed by atoms with Crippen molar-refractivity contribution in [3.63, 3.8) is 0 Å². The van der Waals surface area contributed by atoms with Crippen molar-refractivity contribution in [2.45, 2.75) is 6.92 Å².